The van der Waals surface area contributed by atoms with Gasteiger partial charge in [-0.05, 0) is 50.4 Å². The minimum Gasteiger partial charge on any atom is -0.496 e. The topological polar surface area (TPSA) is 126 Å². The van der Waals surface area contributed by atoms with E-state index >= 15 is 0 Å². The van der Waals surface area contributed by atoms with Gasteiger partial charge >= 0.3 is 0 Å². The number of carbonyl (C=O) groups is 3. The zero-order valence-electron chi connectivity index (χ0n) is 25.1. The maximum absolute atomic E-state index is 13.8. The van der Waals surface area contributed by atoms with Crippen molar-refractivity contribution in [3.63, 3.8) is 0 Å². The number of para-hydroxylation sites is 1. The lowest BCUT2D eigenvalue weighted by Gasteiger charge is -2.36. The summed E-state index contributed by atoms with van der Waals surface area (Å²) < 4.78 is 5.64. The average Bonchev–Trinajstić information content (AvgIpc) is 3.45. The van der Waals surface area contributed by atoms with Crippen molar-refractivity contribution in [2.75, 3.05) is 26.0 Å². The lowest BCUT2D eigenvalue weighted by atomic mass is 9.85. The number of halogens is 1. The molecule has 2 aromatic carbocycles. The highest BCUT2D eigenvalue weighted by Gasteiger charge is 2.42. The molecule has 4 rings (SSSR count). The van der Waals surface area contributed by atoms with Crippen LogP contribution in [0.5, 0.6) is 5.75 Å². The summed E-state index contributed by atoms with van der Waals surface area (Å²) in [7, 11) is 3.26. The summed E-state index contributed by atoms with van der Waals surface area (Å²) >= 11 is 0. The Balaban J connectivity index is 0.00000484. The van der Waals surface area contributed by atoms with Gasteiger partial charge in [-0.1, -0.05) is 39.0 Å². The van der Waals surface area contributed by atoms with Crippen LogP contribution in [0.4, 0.5) is 11.5 Å². The Morgan fingerprint density at radius 2 is 1.83 bits per heavy atom. The maximum Gasteiger partial charge on any atom is 0.246 e. The van der Waals surface area contributed by atoms with Gasteiger partial charge in [0.2, 0.25) is 11.8 Å². The second kappa shape index (κ2) is 13.9. The van der Waals surface area contributed by atoms with Gasteiger partial charge in [-0.15, -0.1) is 12.4 Å². The average molecular weight is 597 g/mol. The number of carbonyl (C=O) groups excluding carboxylic acids is 3. The van der Waals surface area contributed by atoms with E-state index in [-0.39, 0.29) is 36.4 Å². The van der Waals surface area contributed by atoms with Crippen LogP contribution < -0.4 is 20.7 Å². The lowest BCUT2D eigenvalue weighted by molar-refractivity contribution is -0.143. The normalized spacial score (nSPS) is 16.3. The Labute approximate surface area is 253 Å². The first kappa shape index (κ1) is 32.8. The summed E-state index contributed by atoms with van der Waals surface area (Å²) in [6.45, 7) is 7.94. The number of ketones is 1. The van der Waals surface area contributed by atoms with Crippen LogP contribution in [-0.4, -0.2) is 71.3 Å². The molecule has 1 aromatic heterocycles. The number of anilines is 2. The smallest absolute Gasteiger partial charge is 0.246 e. The number of nitrogens with one attached hydrogen (secondary N) is 3. The summed E-state index contributed by atoms with van der Waals surface area (Å²) in [6, 6.07) is 11.6. The van der Waals surface area contributed by atoms with Crippen molar-refractivity contribution in [1.82, 2.24) is 25.5 Å². The second-order valence-electron chi connectivity index (χ2n) is 11.5. The van der Waals surface area contributed by atoms with Crippen LogP contribution in [0.1, 0.15) is 46.1 Å². The van der Waals surface area contributed by atoms with Crippen LogP contribution in [0.15, 0.2) is 48.8 Å². The number of likely N-dealkylation sites (tertiary alicyclic amines) is 1. The minimum atomic E-state index is -0.766. The number of fused-ring (bicyclic) bond motifs is 1. The molecule has 3 atom stereocenters. The molecule has 1 aliphatic rings. The van der Waals surface area contributed by atoms with E-state index in [1.54, 1.807) is 26.0 Å². The van der Waals surface area contributed by atoms with Crippen LogP contribution in [0.25, 0.3) is 10.9 Å². The molecule has 2 heterocycles. The monoisotopic (exact) mass is 596 g/mol. The van der Waals surface area contributed by atoms with E-state index in [0.717, 1.165) is 11.1 Å². The Morgan fingerprint density at radius 1 is 1.12 bits per heavy atom. The number of aromatic nitrogens is 2. The first-order valence-corrected chi connectivity index (χ1v) is 14.0. The van der Waals surface area contributed by atoms with E-state index in [1.807, 2.05) is 63.2 Å². The minimum absolute atomic E-state index is 0. The molecule has 0 unspecified atom stereocenters. The molecule has 0 saturated carbocycles. The molecular formula is C31H41ClN6O4. The Bertz CT molecular complexity index is 1410. The van der Waals surface area contributed by atoms with Crippen LogP contribution in [0.2, 0.25) is 0 Å². The number of benzene rings is 2. The number of hydrogen-bond acceptors (Lipinski definition) is 8. The molecule has 0 aliphatic carbocycles. The molecule has 42 heavy (non-hydrogen) atoms. The molecule has 2 amide bonds. The number of hydrogen-bond donors (Lipinski definition) is 3. The highest BCUT2D eigenvalue weighted by atomic mass is 35.5. The van der Waals surface area contributed by atoms with Gasteiger partial charge in [-0.2, -0.15) is 0 Å². The Kier molecular flexibility index (Phi) is 10.9. The standard InChI is InChI=1S/C31H40N6O4.ClH/c1-19(32-5)29(39)36-27(31(2,3)4)30(40)37-14-10-13-24(37)25(38)16-20-15-22-23(17-26(20)41-6)33-18-34-28(22)35-21-11-8-7-9-12-21;/h7-9,11-12,15,17-19,24,27,32H,10,13-14,16H2,1-6H3,(H,36,39)(H,33,34,35);1H/t19-,24-,27+;/m0./s1. The van der Waals surface area contributed by atoms with Crippen LogP contribution in [-0.2, 0) is 20.8 Å². The molecule has 3 N–H and O–H groups in total. The quantitative estimate of drug-likeness (QED) is 0.320. The summed E-state index contributed by atoms with van der Waals surface area (Å²) in [5.41, 5.74) is 1.72. The van der Waals surface area contributed by atoms with Crippen LogP contribution in [0, 0.1) is 5.41 Å². The van der Waals surface area contributed by atoms with Gasteiger partial charge in [-0.3, -0.25) is 14.4 Å². The van der Waals surface area contributed by atoms with Crippen molar-refractivity contribution in [2.24, 2.45) is 5.41 Å². The number of ether oxygens (including phenoxy) is 1. The van der Waals surface area contributed by atoms with Crippen molar-refractivity contribution < 1.29 is 19.1 Å². The third-order valence-electron chi connectivity index (χ3n) is 7.57. The van der Waals surface area contributed by atoms with Crippen molar-refractivity contribution >= 4 is 52.4 Å². The SMILES string of the molecule is CN[C@@H](C)C(=O)N[C@H](C(=O)N1CCC[C@H]1C(=O)Cc1cc2c(Nc3ccccc3)ncnc2cc1OC)C(C)(C)C.Cl. The van der Waals surface area contributed by atoms with E-state index in [4.69, 9.17) is 4.74 Å². The number of rotatable bonds is 10. The number of nitrogens with zero attached hydrogens (tertiary/aromatic N) is 3. The third kappa shape index (κ3) is 7.35. The van der Waals surface area contributed by atoms with E-state index in [0.29, 0.717) is 42.0 Å². The van der Waals surface area contributed by atoms with Gasteiger partial charge in [0.15, 0.2) is 5.78 Å². The number of amides is 2. The maximum atomic E-state index is 13.8. The summed E-state index contributed by atoms with van der Waals surface area (Å²) in [6.07, 6.45) is 2.86. The van der Waals surface area contributed by atoms with Crippen molar-refractivity contribution in [3.05, 3.63) is 54.4 Å². The van der Waals surface area contributed by atoms with Gasteiger partial charge < -0.3 is 25.6 Å². The van der Waals surface area contributed by atoms with Crippen molar-refractivity contribution in [2.45, 2.75) is 65.1 Å². The van der Waals surface area contributed by atoms with Gasteiger partial charge in [0.25, 0.3) is 0 Å². The van der Waals surface area contributed by atoms with Crippen molar-refractivity contribution in [1.29, 1.82) is 0 Å². The summed E-state index contributed by atoms with van der Waals surface area (Å²) in [4.78, 5) is 50.7. The summed E-state index contributed by atoms with van der Waals surface area (Å²) in [5.74, 6) is 0.594. The number of Topliss-reactive ketones (excluding diaryl/α,β-unsaturated/α-hetero) is 1. The fourth-order valence-electron chi connectivity index (χ4n) is 5.10. The van der Waals surface area contributed by atoms with E-state index in [9.17, 15) is 14.4 Å². The van der Waals surface area contributed by atoms with Gasteiger partial charge in [0.05, 0.1) is 24.7 Å². The van der Waals surface area contributed by atoms with Gasteiger partial charge in [-0.25, -0.2) is 9.97 Å². The predicted octanol–water partition coefficient (Wildman–Crippen LogP) is 4.05. The molecule has 3 aromatic rings. The largest absolute Gasteiger partial charge is 0.496 e. The van der Waals surface area contributed by atoms with Crippen molar-refractivity contribution in [3.8, 4) is 5.75 Å². The Morgan fingerprint density at radius 3 is 2.48 bits per heavy atom. The predicted molar refractivity (Wildman–Crippen MR) is 166 cm³/mol. The van der Waals surface area contributed by atoms with E-state index < -0.39 is 23.5 Å². The molecule has 1 saturated heterocycles. The van der Waals surface area contributed by atoms with Gasteiger partial charge in [0, 0.05) is 35.7 Å². The lowest BCUT2D eigenvalue weighted by Crippen LogP contribution is -2.58. The first-order chi connectivity index (χ1) is 19.5. The molecular weight excluding hydrogens is 556 g/mol. The van der Waals surface area contributed by atoms with E-state index in [2.05, 4.69) is 25.9 Å². The molecule has 0 bridgehead atoms. The highest BCUT2D eigenvalue weighted by Crippen LogP contribution is 2.32. The fourth-order valence-corrected chi connectivity index (χ4v) is 5.10. The first-order valence-electron chi connectivity index (χ1n) is 14.0. The second-order valence-corrected chi connectivity index (χ2v) is 11.5. The summed E-state index contributed by atoms with van der Waals surface area (Å²) in [5, 5.41) is 9.91. The fraction of sp³-hybridized carbons (Fsp3) is 0.452. The molecule has 0 radical (unpaired) electrons. The molecule has 226 valence electrons. The molecule has 10 nitrogen and oxygen atoms in total. The third-order valence-corrected chi connectivity index (χ3v) is 7.57. The van der Waals surface area contributed by atoms with E-state index in [1.165, 1.54) is 6.33 Å². The number of likely N-dealkylation sites (N-methyl/N-ethyl adjacent to an activating group) is 1. The molecule has 11 heteroatoms. The number of methoxy groups -OCH3 is 1. The van der Waals surface area contributed by atoms with Crippen LogP contribution in [0.3, 0.4) is 0 Å². The zero-order valence-corrected chi connectivity index (χ0v) is 25.9. The van der Waals surface area contributed by atoms with Gasteiger partial charge in [0.1, 0.15) is 23.9 Å². The molecule has 1 aliphatic heterocycles. The molecule has 1 fully saturated rings. The van der Waals surface area contributed by atoms with Crippen LogP contribution >= 0.6 is 12.4 Å². The highest BCUT2D eigenvalue weighted by molar-refractivity contribution is 5.97. The zero-order chi connectivity index (χ0) is 29.7. The molecule has 0 spiro atoms. The Hall–Kier alpha value is -3.76.